The number of hydrogen-bond acceptors (Lipinski definition) is 4. The monoisotopic (exact) mass is 455 g/mol. The van der Waals surface area contributed by atoms with Crippen molar-refractivity contribution in [3.8, 4) is 0 Å². The number of amides is 1. The molecule has 0 N–H and O–H groups in total. The highest BCUT2D eigenvalue weighted by atomic mass is 16.2. The molecule has 3 aliphatic heterocycles. The zero-order chi connectivity index (χ0) is 23.8. The normalized spacial score (nSPS) is 23.7. The lowest BCUT2D eigenvalue weighted by Gasteiger charge is -2.36. The number of aromatic nitrogens is 3. The van der Waals surface area contributed by atoms with Crippen molar-refractivity contribution in [3.05, 3.63) is 83.3 Å². The Kier molecular flexibility index (Phi) is 6.09. The predicted molar refractivity (Wildman–Crippen MR) is 136 cm³/mol. The van der Waals surface area contributed by atoms with Crippen LogP contribution in [0.15, 0.2) is 66.2 Å². The molecule has 5 rings (SSSR count). The number of piperidine rings is 1. The Labute approximate surface area is 201 Å². The summed E-state index contributed by atoms with van der Waals surface area (Å²) in [7, 11) is 0. The maximum absolute atomic E-state index is 13.4. The van der Waals surface area contributed by atoms with Crippen molar-refractivity contribution in [2.24, 2.45) is 5.92 Å². The third kappa shape index (κ3) is 4.30. The summed E-state index contributed by atoms with van der Waals surface area (Å²) in [4.78, 5) is 22.4. The van der Waals surface area contributed by atoms with Crippen molar-refractivity contribution >= 4 is 17.0 Å². The Hall–Kier alpha value is -3.25. The SMILES string of the molecule is CCc1nc(C)cn2nc(C3=C\C(=O)N4C=C(C5CCN(C(C)C)CC5)C=C\C4=C/C=C/3)cc12. The van der Waals surface area contributed by atoms with Gasteiger partial charge in [0.05, 0.1) is 28.8 Å². The molecule has 0 bridgehead atoms. The number of carbonyl (C=O) groups is 1. The fraction of sp³-hybridized carbons (Fsp3) is 0.393. The van der Waals surface area contributed by atoms with Crippen molar-refractivity contribution < 1.29 is 4.79 Å². The number of allylic oxidation sites excluding steroid dienone is 7. The summed E-state index contributed by atoms with van der Waals surface area (Å²) in [6.45, 7) is 10.8. The topological polar surface area (TPSA) is 53.7 Å². The average molecular weight is 456 g/mol. The molecule has 176 valence electrons. The Balaban J connectivity index is 1.43. The van der Waals surface area contributed by atoms with Crippen LogP contribution in [0.3, 0.4) is 0 Å². The van der Waals surface area contributed by atoms with E-state index in [1.807, 2.05) is 48.1 Å². The molecule has 3 aliphatic rings. The lowest BCUT2D eigenvalue weighted by molar-refractivity contribution is -0.122. The zero-order valence-corrected chi connectivity index (χ0v) is 20.5. The summed E-state index contributed by atoms with van der Waals surface area (Å²) in [5.74, 6) is 0.445. The van der Waals surface area contributed by atoms with Gasteiger partial charge in [-0.1, -0.05) is 25.2 Å². The number of rotatable bonds is 4. The molecule has 2 aromatic heterocycles. The van der Waals surface area contributed by atoms with Crippen LogP contribution < -0.4 is 0 Å². The van der Waals surface area contributed by atoms with Gasteiger partial charge in [0.2, 0.25) is 0 Å². The molecular formula is C28H33N5O. The van der Waals surface area contributed by atoms with Gasteiger partial charge in [-0.3, -0.25) is 14.7 Å². The molecule has 0 aliphatic carbocycles. The number of aryl methyl sites for hydroxylation is 2. The van der Waals surface area contributed by atoms with Gasteiger partial charge in [-0.2, -0.15) is 5.10 Å². The molecule has 1 saturated heterocycles. The van der Waals surface area contributed by atoms with Crippen LogP contribution in [-0.2, 0) is 11.2 Å². The summed E-state index contributed by atoms with van der Waals surface area (Å²) in [6.07, 6.45) is 19.0. The quantitative estimate of drug-likeness (QED) is 0.662. The van der Waals surface area contributed by atoms with Gasteiger partial charge in [-0.05, 0) is 82.8 Å². The molecule has 6 heteroatoms. The standard InChI is InChI=1S/C28H33N5O/c1-5-25-27-16-26(30-33(27)17-20(4)29-25)22-7-6-8-24-10-9-23(18-32(24)28(34)15-22)21-11-13-31(14-12-21)19(2)3/h6-10,15-19,21H,5,11-14H2,1-4H3/b7-6+,22-15+,24-8+. The second-order valence-electron chi connectivity index (χ2n) is 9.67. The van der Waals surface area contributed by atoms with Gasteiger partial charge in [0, 0.05) is 29.6 Å². The highest BCUT2D eigenvalue weighted by Gasteiger charge is 2.26. The fourth-order valence-corrected chi connectivity index (χ4v) is 5.09. The summed E-state index contributed by atoms with van der Waals surface area (Å²) >= 11 is 0. The van der Waals surface area contributed by atoms with E-state index >= 15 is 0 Å². The molecule has 1 amide bonds. The third-order valence-corrected chi connectivity index (χ3v) is 7.08. The summed E-state index contributed by atoms with van der Waals surface area (Å²) < 4.78 is 1.88. The maximum Gasteiger partial charge on any atom is 0.255 e. The minimum Gasteiger partial charge on any atom is -0.301 e. The van der Waals surface area contributed by atoms with Crippen LogP contribution in [0.5, 0.6) is 0 Å². The van der Waals surface area contributed by atoms with E-state index in [9.17, 15) is 4.79 Å². The Morgan fingerprint density at radius 3 is 2.68 bits per heavy atom. The smallest absolute Gasteiger partial charge is 0.255 e. The number of hydrogen-bond donors (Lipinski definition) is 0. The van der Waals surface area contributed by atoms with E-state index in [0.717, 1.165) is 66.2 Å². The highest BCUT2D eigenvalue weighted by Crippen LogP contribution is 2.31. The molecule has 1 fully saturated rings. The Morgan fingerprint density at radius 2 is 1.94 bits per heavy atom. The van der Waals surface area contributed by atoms with E-state index in [4.69, 9.17) is 5.10 Å². The first-order valence-corrected chi connectivity index (χ1v) is 12.4. The van der Waals surface area contributed by atoms with Gasteiger partial charge in [0.25, 0.3) is 5.91 Å². The number of fused-ring (bicyclic) bond motifs is 2. The van der Waals surface area contributed by atoms with Crippen LogP contribution in [0.1, 0.15) is 50.7 Å². The second-order valence-corrected chi connectivity index (χ2v) is 9.67. The van der Waals surface area contributed by atoms with Crippen LogP contribution in [-0.4, -0.2) is 49.4 Å². The molecule has 0 atom stereocenters. The van der Waals surface area contributed by atoms with Gasteiger partial charge in [0.15, 0.2) is 0 Å². The largest absolute Gasteiger partial charge is 0.301 e. The van der Waals surface area contributed by atoms with Crippen molar-refractivity contribution in [1.29, 1.82) is 0 Å². The number of likely N-dealkylation sites (tertiary alicyclic amines) is 1. The molecule has 6 nitrogen and oxygen atoms in total. The zero-order valence-electron chi connectivity index (χ0n) is 20.5. The Morgan fingerprint density at radius 1 is 1.15 bits per heavy atom. The van der Waals surface area contributed by atoms with E-state index in [1.54, 1.807) is 11.0 Å². The predicted octanol–water partition coefficient (Wildman–Crippen LogP) is 4.84. The van der Waals surface area contributed by atoms with Crippen molar-refractivity contribution in [1.82, 2.24) is 24.4 Å². The minimum absolute atomic E-state index is 0.0471. The molecular weight excluding hydrogens is 422 g/mol. The molecule has 5 heterocycles. The summed E-state index contributed by atoms with van der Waals surface area (Å²) in [5.41, 5.74) is 6.65. The Bertz CT molecular complexity index is 1270. The second kappa shape index (κ2) is 9.18. The molecule has 0 aromatic carbocycles. The molecule has 0 spiro atoms. The van der Waals surface area contributed by atoms with Gasteiger partial charge in [-0.15, -0.1) is 0 Å². The summed E-state index contributed by atoms with van der Waals surface area (Å²) in [5, 5.41) is 4.76. The fourth-order valence-electron chi connectivity index (χ4n) is 5.09. The minimum atomic E-state index is -0.0471. The van der Waals surface area contributed by atoms with Gasteiger partial charge in [0.1, 0.15) is 0 Å². The molecule has 0 unspecified atom stereocenters. The van der Waals surface area contributed by atoms with E-state index < -0.39 is 0 Å². The lowest BCUT2D eigenvalue weighted by atomic mass is 9.87. The van der Waals surface area contributed by atoms with Crippen LogP contribution in [0.25, 0.3) is 11.1 Å². The van der Waals surface area contributed by atoms with E-state index in [0.29, 0.717) is 12.0 Å². The van der Waals surface area contributed by atoms with Crippen LogP contribution in [0, 0.1) is 12.8 Å². The first kappa shape index (κ1) is 22.5. The molecule has 0 radical (unpaired) electrons. The molecule has 0 saturated carbocycles. The first-order valence-electron chi connectivity index (χ1n) is 12.4. The van der Waals surface area contributed by atoms with E-state index in [1.165, 1.54) is 5.57 Å². The number of nitrogens with zero attached hydrogens (tertiary/aromatic N) is 5. The van der Waals surface area contributed by atoms with Crippen LogP contribution >= 0.6 is 0 Å². The van der Waals surface area contributed by atoms with Crippen LogP contribution in [0.2, 0.25) is 0 Å². The third-order valence-electron chi connectivity index (χ3n) is 7.08. The average Bonchev–Trinajstić information content (AvgIpc) is 3.25. The summed E-state index contributed by atoms with van der Waals surface area (Å²) in [6, 6.07) is 2.62. The van der Waals surface area contributed by atoms with Gasteiger partial charge >= 0.3 is 0 Å². The highest BCUT2D eigenvalue weighted by molar-refractivity contribution is 5.99. The van der Waals surface area contributed by atoms with E-state index in [-0.39, 0.29) is 5.91 Å². The van der Waals surface area contributed by atoms with Crippen molar-refractivity contribution in [2.45, 2.75) is 53.0 Å². The van der Waals surface area contributed by atoms with Gasteiger partial charge < -0.3 is 4.90 Å². The molecule has 34 heavy (non-hydrogen) atoms. The number of carbonyl (C=O) groups excluding carboxylic acids is 1. The van der Waals surface area contributed by atoms with Crippen molar-refractivity contribution in [3.63, 3.8) is 0 Å². The van der Waals surface area contributed by atoms with Crippen LogP contribution in [0.4, 0.5) is 0 Å². The molecule has 2 aromatic rings. The first-order chi connectivity index (χ1) is 16.4. The van der Waals surface area contributed by atoms with Crippen molar-refractivity contribution in [2.75, 3.05) is 13.1 Å². The lowest BCUT2D eigenvalue weighted by Crippen LogP contribution is -2.39. The van der Waals surface area contributed by atoms with E-state index in [2.05, 4.69) is 42.8 Å². The van der Waals surface area contributed by atoms with Gasteiger partial charge in [-0.25, -0.2) is 4.52 Å². The maximum atomic E-state index is 13.4.